The standard InChI is InChI=1S/C29H38O5/c1-3-5-11-23(4-2)20-31-21-24(30)22-34-29-17-16-28(26-14-9-10-15-27(26)29)33-19-18-32-25-12-7-6-8-13-25/h6-10,12-17,23-24,30H,3-5,11,18-22H2,1-2H3. The highest BCUT2D eigenvalue weighted by molar-refractivity contribution is 5.93. The van der Waals surface area contributed by atoms with Gasteiger partial charge in [-0.2, -0.15) is 0 Å². The molecule has 0 aliphatic rings. The van der Waals surface area contributed by atoms with Gasteiger partial charge in [0.05, 0.1) is 6.61 Å². The molecule has 0 amide bonds. The number of ether oxygens (including phenoxy) is 4. The Bertz CT molecular complexity index is 959. The van der Waals surface area contributed by atoms with Crippen LogP contribution >= 0.6 is 0 Å². The van der Waals surface area contributed by atoms with Crippen molar-refractivity contribution in [1.82, 2.24) is 0 Å². The van der Waals surface area contributed by atoms with Crippen molar-refractivity contribution >= 4 is 10.8 Å². The molecule has 0 spiro atoms. The molecule has 0 radical (unpaired) electrons. The van der Waals surface area contributed by atoms with E-state index in [1.807, 2.05) is 66.7 Å². The summed E-state index contributed by atoms with van der Waals surface area (Å²) < 4.78 is 23.4. The Hall–Kier alpha value is -2.76. The molecule has 5 nitrogen and oxygen atoms in total. The van der Waals surface area contributed by atoms with Crippen LogP contribution in [0.25, 0.3) is 10.8 Å². The fraction of sp³-hybridized carbons (Fsp3) is 0.448. The van der Waals surface area contributed by atoms with Crippen molar-refractivity contribution in [3.05, 3.63) is 66.7 Å². The fourth-order valence-electron chi connectivity index (χ4n) is 3.83. The number of fused-ring (bicyclic) bond motifs is 1. The number of hydrogen-bond donors (Lipinski definition) is 1. The minimum atomic E-state index is -0.673. The van der Waals surface area contributed by atoms with Crippen LogP contribution < -0.4 is 14.2 Å². The summed E-state index contributed by atoms with van der Waals surface area (Å²) >= 11 is 0. The van der Waals surface area contributed by atoms with Gasteiger partial charge in [-0.05, 0) is 36.6 Å². The lowest BCUT2D eigenvalue weighted by Crippen LogP contribution is -2.25. The Morgan fingerprint density at radius 2 is 1.35 bits per heavy atom. The lowest BCUT2D eigenvalue weighted by molar-refractivity contribution is -0.000853. The van der Waals surface area contributed by atoms with Gasteiger partial charge in [-0.25, -0.2) is 0 Å². The largest absolute Gasteiger partial charge is 0.490 e. The maximum atomic E-state index is 10.3. The summed E-state index contributed by atoms with van der Waals surface area (Å²) in [6.07, 6.45) is 4.03. The molecule has 0 aromatic heterocycles. The molecule has 3 aromatic carbocycles. The Morgan fingerprint density at radius 3 is 2.03 bits per heavy atom. The summed E-state index contributed by atoms with van der Waals surface area (Å²) in [6.45, 7) is 6.45. The van der Waals surface area contributed by atoms with Crippen molar-refractivity contribution in [2.75, 3.05) is 33.0 Å². The third kappa shape index (κ3) is 8.23. The first-order chi connectivity index (χ1) is 16.7. The molecule has 5 heteroatoms. The third-order valence-electron chi connectivity index (χ3n) is 5.84. The van der Waals surface area contributed by atoms with Crippen molar-refractivity contribution in [1.29, 1.82) is 0 Å². The highest BCUT2D eigenvalue weighted by atomic mass is 16.5. The summed E-state index contributed by atoms with van der Waals surface area (Å²) in [5.41, 5.74) is 0. The molecule has 3 rings (SSSR count). The molecule has 0 heterocycles. The molecule has 2 atom stereocenters. The van der Waals surface area contributed by atoms with Gasteiger partial charge in [0.15, 0.2) is 0 Å². The summed E-state index contributed by atoms with van der Waals surface area (Å²) in [6, 6.07) is 21.5. The van der Waals surface area contributed by atoms with E-state index in [-0.39, 0.29) is 13.2 Å². The molecule has 0 saturated heterocycles. The average Bonchev–Trinajstić information content (AvgIpc) is 2.88. The second kappa shape index (κ2) is 14.5. The van der Waals surface area contributed by atoms with Crippen molar-refractivity contribution in [2.45, 2.75) is 45.6 Å². The lowest BCUT2D eigenvalue weighted by atomic mass is 10.0. The van der Waals surface area contributed by atoms with Crippen molar-refractivity contribution in [3.63, 3.8) is 0 Å². The van der Waals surface area contributed by atoms with E-state index in [2.05, 4.69) is 13.8 Å². The number of aliphatic hydroxyl groups excluding tert-OH is 1. The van der Waals surface area contributed by atoms with Gasteiger partial charge >= 0.3 is 0 Å². The molecular formula is C29H38O5. The van der Waals surface area contributed by atoms with Gasteiger partial charge in [0.1, 0.15) is 43.2 Å². The second-order valence-corrected chi connectivity index (χ2v) is 8.54. The van der Waals surface area contributed by atoms with Crippen LogP contribution in [0.4, 0.5) is 0 Å². The molecular weight excluding hydrogens is 428 g/mol. The predicted molar refractivity (Wildman–Crippen MR) is 137 cm³/mol. The van der Waals surface area contributed by atoms with Crippen LogP contribution in [0, 0.1) is 5.92 Å². The zero-order chi connectivity index (χ0) is 24.0. The summed E-state index contributed by atoms with van der Waals surface area (Å²) in [5, 5.41) is 12.3. The molecule has 1 N–H and O–H groups in total. The number of unbranched alkanes of at least 4 members (excludes halogenated alkanes) is 1. The molecule has 184 valence electrons. The average molecular weight is 467 g/mol. The van der Waals surface area contributed by atoms with Crippen LogP contribution in [-0.4, -0.2) is 44.2 Å². The summed E-state index contributed by atoms with van der Waals surface area (Å²) in [5.74, 6) is 2.88. The van der Waals surface area contributed by atoms with Crippen LogP contribution in [-0.2, 0) is 4.74 Å². The van der Waals surface area contributed by atoms with E-state index >= 15 is 0 Å². The highest BCUT2D eigenvalue weighted by Gasteiger charge is 2.12. The van der Waals surface area contributed by atoms with Gasteiger partial charge in [-0.15, -0.1) is 0 Å². The molecule has 0 aliphatic heterocycles. The molecule has 2 unspecified atom stereocenters. The maximum Gasteiger partial charge on any atom is 0.127 e. The van der Waals surface area contributed by atoms with E-state index in [0.717, 1.165) is 34.4 Å². The first kappa shape index (κ1) is 25.9. The smallest absolute Gasteiger partial charge is 0.127 e. The molecule has 0 aliphatic carbocycles. The lowest BCUT2D eigenvalue weighted by Gasteiger charge is -2.18. The Balaban J connectivity index is 1.49. The minimum absolute atomic E-state index is 0.181. The number of rotatable bonds is 16. The summed E-state index contributed by atoms with van der Waals surface area (Å²) in [4.78, 5) is 0. The van der Waals surface area contributed by atoms with Crippen molar-refractivity contribution in [3.8, 4) is 17.2 Å². The van der Waals surface area contributed by atoms with E-state index in [1.54, 1.807) is 0 Å². The van der Waals surface area contributed by atoms with Gasteiger partial charge in [-0.1, -0.05) is 75.6 Å². The first-order valence-electron chi connectivity index (χ1n) is 12.4. The van der Waals surface area contributed by atoms with E-state index in [9.17, 15) is 5.11 Å². The van der Waals surface area contributed by atoms with Gasteiger partial charge in [0.2, 0.25) is 0 Å². The van der Waals surface area contributed by atoms with Crippen LogP contribution in [0.2, 0.25) is 0 Å². The molecule has 3 aromatic rings. The van der Waals surface area contributed by atoms with Crippen LogP contribution in [0.1, 0.15) is 39.5 Å². The predicted octanol–water partition coefficient (Wildman–Crippen LogP) is 6.27. The summed E-state index contributed by atoms with van der Waals surface area (Å²) in [7, 11) is 0. The Kier molecular flexibility index (Phi) is 11.0. The topological polar surface area (TPSA) is 57.2 Å². The Morgan fingerprint density at radius 1 is 0.706 bits per heavy atom. The van der Waals surface area contributed by atoms with Crippen LogP contribution in [0.3, 0.4) is 0 Å². The molecule has 0 bridgehead atoms. The molecule has 0 saturated carbocycles. The van der Waals surface area contributed by atoms with E-state index in [0.29, 0.717) is 25.7 Å². The molecule has 34 heavy (non-hydrogen) atoms. The molecule has 0 fully saturated rings. The SMILES string of the molecule is CCCCC(CC)COCC(O)COc1ccc(OCCOc2ccccc2)c2ccccc12. The fourth-order valence-corrected chi connectivity index (χ4v) is 3.83. The number of hydrogen-bond acceptors (Lipinski definition) is 5. The minimum Gasteiger partial charge on any atom is -0.490 e. The van der Waals surface area contributed by atoms with Gasteiger partial charge < -0.3 is 24.1 Å². The van der Waals surface area contributed by atoms with E-state index in [1.165, 1.54) is 19.3 Å². The van der Waals surface area contributed by atoms with E-state index < -0.39 is 6.10 Å². The monoisotopic (exact) mass is 466 g/mol. The Labute approximate surface area is 203 Å². The van der Waals surface area contributed by atoms with Crippen molar-refractivity contribution in [2.24, 2.45) is 5.92 Å². The number of para-hydroxylation sites is 1. The van der Waals surface area contributed by atoms with Crippen molar-refractivity contribution < 1.29 is 24.1 Å². The third-order valence-corrected chi connectivity index (χ3v) is 5.84. The second-order valence-electron chi connectivity index (χ2n) is 8.54. The van der Waals surface area contributed by atoms with E-state index in [4.69, 9.17) is 18.9 Å². The van der Waals surface area contributed by atoms with Crippen LogP contribution in [0.15, 0.2) is 66.7 Å². The quantitative estimate of drug-likeness (QED) is 0.252. The van der Waals surface area contributed by atoms with Gasteiger partial charge in [0.25, 0.3) is 0 Å². The normalized spacial score (nSPS) is 12.9. The highest BCUT2D eigenvalue weighted by Crippen LogP contribution is 2.33. The maximum absolute atomic E-state index is 10.3. The zero-order valence-electron chi connectivity index (χ0n) is 20.4. The number of benzene rings is 3. The first-order valence-corrected chi connectivity index (χ1v) is 12.4. The van der Waals surface area contributed by atoms with Crippen LogP contribution in [0.5, 0.6) is 17.2 Å². The van der Waals surface area contributed by atoms with Gasteiger partial charge in [-0.3, -0.25) is 0 Å². The number of aliphatic hydroxyl groups is 1. The van der Waals surface area contributed by atoms with Gasteiger partial charge in [0, 0.05) is 17.4 Å². The zero-order valence-corrected chi connectivity index (χ0v) is 20.4.